The van der Waals surface area contributed by atoms with Gasteiger partial charge in [0.25, 0.3) is 0 Å². The topological polar surface area (TPSA) is 77.4 Å². The Labute approximate surface area is 196 Å². The molecule has 0 fully saturated rings. The van der Waals surface area contributed by atoms with Gasteiger partial charge < -0.3 is 15.0 Å². The number of carboxylic acids is 2. The van der Waals surface area contributed by atoms with Crippen LogP contribution in [0.5, 0.6) is 0 Å². The molecule has 0 aliphatic carbocycles. The minimum Gasteiger partial charge on any atom is -0.550 e. The molecule has 1 aromatic rings. The molecular formula is C25H41LiO4. The molecule has 0 atom stereocenters. The summed E-state index contributed by atoms with van der Waals surface area (Å²) in [7, 11) is 0. The van der Waals surface area contributed by atoms with Gasteiger partial charge in [-0.05, 0) is 25.0 Å². The molecule has 0 heterocycles. The Morgan fingerprint density at radius 1 is 0.700 bits per heavy atom. The molecular weight excluding hydrogens is 371 g/mol. The van der Waals surface area contributed by atoms with Gasteiger partial charge in [0.15, 0.2) is 0 Å². The SMILES string of the molecule is CCCCCCCCCCCCCCCCCC(=O)[O-].O=C(O)c1ccccc1.[Li+]. The van der Waals surface area contributed by atoms with Crippen LogP contribution in [0.4, 0.5) is 0 Å². The van der Waals surface area contributed by atoms with Crippen molar-refractivity contribution in [1.82, 2.24) is 0 Å². The van der Waals surface area contributed by atoms with Gasteiger partial charge in [0.05, 0.1) is 5.56 Å². The van der Waals surface area contributed by atoms with Gasteiger partial charge in [-0.1, -0.05) is 115 Å². The number of hydrogen-bond acceptors (Lipinski definition) is 3. The minimum absolute atomic E-state index is 0. The van der Waals surface area contributed by atoms with E-state index < -0.39 is 11.9 Å². The number of rotatable bonds is 17. The van der Waals surface area contributed by atoms with Crippen molar-refractivity contribution in [3.8, 4) is 0 Å². The molecule has 0 aliphatic rings. The summed E-state index contributed by atoms with van der Waals surface area (Å²) in [5.74, 6) is -1.78. The van der Waals surface area contributed by atoms with Gasteiger partial charge in [-0.25, -0.2) is 4.79 Å². The van der Waals surface area contributed by atoms with E-state index in [1.54, 1.807) is 30.3 Å². The molecule has 0 aromatic heterocycles. The molecule has 166 valence electrons. The molecule has 5 heteroatoms. The molecule has 1 aromatic carbocycles. The summed E-state index contributed by atoms with van der Waals surface area (Å²) in [4.78, 5) is 20.4. The normalized spacial score (nSPS) is 9.90. The Morgan fingerprint density at radius 3 is 1.37 bits per heavy atom. The van der Waals surface area contributed by atoms with Gasteiger partial charge in [0.1, 0.15) is 0 Å². The quantitative estimate of drug-likeness (QED) is 0.314. The number of hydrogen-bond donors (Lipinski definition) is 1. The third-order valence-electron chi connectivity index (χ3n) is 5.01. The summed E-state index contributed by atoms with van der Waals surface area (Å²) in [6.07, 6.45) is 19.9. The third kappa shape index (κ3) is 23.0. The van der Waals surface area contributed by atoms with Crippen molar-refractivity contribution < 1.29 is 38.7 Å². The first-order chi connectivity index (χ1) is 14.1. The number of benzene rings is 1. The van der Waals surface area contributed by atoms with Crippen LogP contribution in [0, 0.1) is 0 Å². The zero-order valence-electron chi connectivity index (χ0n) is 19.4. The van der Waals surface area contributed by atoms with E-state index in [1.165, 1.54) is 83.5 Å². The van der Waals surface area contributed by atoms with E-state index in [2.05, 4.69) is 6.92 Å². The summed E-state index contributed by atoms with van der Waals surface area (Å²) < 4.78 is 0. The van der Waals surface area contributed by atoms with E-state index in [0.717, 1.165) is 12.8 Å². The van der Waals surface area contributed by atoms with Crippen LogP contribution >= 0.6 is 0 Å². The van der Waals surface area contributed by atoms with Gasteiger partial charge in [-0.3, -0.25) is 0 Å². The predicted molar refractivity (Wildman–Crippen MR) is 118 cm³/mol. The molecule has 0 bridgehead atoms. The Kier molecular flexibility index (Phi) is 24.8. The van der Waals surface area contributed by atoms with Crippen LogP contribution in [0.2, 0.25) is 0 Å². The van der Waals surface area contributed by atoms with Crippen molar-refractivity contribution in [3.63, 3.8) is 0 Å². The molecule has 0 spiro atoms. The van der Waals surface area contributed by atoms with Crippen LogP contribution in [0.25, 0.3) is 0 Å². The maximum Gasteiger partial charge on any atom is 1.00 e. The largest absolute Gasteiger partial charge is 1.00 e. The van der Waals surface area contributed by atoms with Crippen molar-refractivity contribution in [2.45, 2.75) is 110 Å². The number of carboxylic acid groups (broad SMARTS) is 2. The monoisotopic (exact) mass is 412 g/mol. The number of unbranched alkanes of at least 4 members (excludes halogenated alkanes) is 14. The van der Waals surface area contributed by atoms with E-state index in [9.17, 15) is 14.7 Å². The summed E-state index contributed by atoms with van der Waals surface area (Å²) in [6, 6.07) is 8.30. The van der Waals surface area contributed by atoms with Gasteiger partial charge in [0.2, 0.25) is 0 Å². The smallest absolute Gasteiger partial charge is 0.550 e. The predicted octanol–water partition coefficient (Wildman–Crippen LogP) is 3.39. The maximum atomic E-state index is 10.2. The minimum atomic E-state index is -0.903. The summed E-state index contributed by atoms with van der Waals surface area (Å²) >= 11 is 0. The first-order valence-corrected chi connectivity index (χ1v) is 11.6. The number of carbonyl (C=O) groups excluding carboxylic acids is 1. The fourth-order valence-corrected chi connectivity index (χ4v) is 3.22. The molecule has 30 heavy (non-hydrogen) atoms. The van der Waals surface area contributed by atoms with Crippen LogP contribution in [-0.2, 0) is 4.79 Å². The fourth-order valence-electron chi connectivity index (χ4n) is 3.22. The molecule has 0 saturated heterocycles. The molecule has 0 radical (unpaired) electrons. The Morgan fingerprint density at radius 2 is 1.07 bits per heavy atom. The number of aliphatic carboxylic acids is 1. The van der Waals surface area contributed by atoms with Crippen LogP contribution in [0.3, 0.4) is 0 Å². The molecule has 0 saturated carbocycles. The number of carbonyl (C=O) groups is 2. The van der Waals surface area contributed by atoms with Crippen LogP contribution in [0.1, 0.15) is 120 Å². The average molecular weight is 413 g/mol. The van der Waals surface area contributed by atoms with E-state index in [-0.39, 0.29) is 25.3 Å². The first-order valence-electron chi connectivity index (χ1n) is 11.6. The van der Waals surface area contributed by atoms with Gasteiger partial charge in [-0.2, -0.15) is 0 Å². The molecule has 1 rings (SSSR count). The standard InChI is InChI=1S/C18H36O2.C7H6O2.Li/c1-2-3-4-5-6-7-8-9-10-11-12-13-14-15-16-17-18(19)20;8-7(9)6-4-2-1-3-5-6;/h2-17H2,1H3,(H,19,20);1-5H,(H,8,9);/q;;+1/p-1. The van der Waals surface area contributed by atoms with Crippen molar-refractivity contribution in [3.05, 3.63) is 35.9 Å². The van der Waals surface area contributed by atoms with E-state index >= 15 is 0 Å². The zero-order chi connectivity index (χ0) is 21.6. The molecule has 0 amide bonds. The fraction of sp³-hybridized carbons (Fsp3) is 0.680. The second-order valence-electron chi connectivity index (χ2n) is 7.74. The van der Waals surface area contributed by atoms with E-state index in [0.29, 0.717) is 5.56 Å². The second kappa shape index (κ2) is 24.0. The second-order valence-corrected chi connectivity index (χ2v) is 7.74. The van der Waals surface area contributed by atoms with Crippen LogP contribution in [-0.4, -0.2) is 17.0 Å². The zero-order valence-corrected chi connectivity index (χ0v) is 19.4. The van der Waals surface area contributed by atoms with Gasteiger partial charge in [0, 0.05) is 5.97 Å². The summed E-state index contributed by atoms with van der Waals surface area (Å²) in [5.41, 5.74) is 0.331. The maximum absolute atomic E-state index is 10.2. The molecule has 4 nitrogen and oxygen atoms in total. The molecule has 1 N–H and O–H groups in total. The van der Waals surface area contributed by atoms with Gasteiger partial charge >= 0.3 is 24.8 Å². The van der Waals surface area contributed by atoms with Crippen molar-refractivity contribution in [2.75, 3.05) is 0 Å². The summed E-state index contributed by atoms with van der Waals surface area (Å²) in [6.45, 7) is 2.27. The van der Waals surface area contributed by atoms with E-state index in [1.807, 2.05) is 0 Å². The average Bonchev–Trinajstić information content (AvgIpc) is 2.72. The molecule has 0 unspecified atom stereocenters. The Hall–Kier alpha value is -1.24. The van der Waals surface area contributed by atoms with Crippen molar-refractivity contribution in [2.24, 2.45) is 0 Å². The van der Waals surface area contributed by atoms with Crippen LogP contribution in [0.15, 0.2) is 30.3 Å². The Bertz CT molecular complexity index is 505. The summed E-state index contributed by atoms with van der Waals surface area (Å²) in [5, 5.41) is 18.6. The number of aromatic carboxylic acids is 1. The Balaban J connectivity index is 0. The first kappa shape index (κ1) is 30.9. The van der Waals surface area contributed by atoms with Crippen molar-refractivity contribution >= 4 is 11.9 Å². The van der Waals surface area contributed by atoms with Crippen molar-refractivity contribution in [1.29, 1.82) is 0 Å². The molecule has 0 aliphatic heterocycles. The van der Waals surface area contributed by atoms with E-state index in [4.69, 9.17) is 5.11 Å². The third-order valence-corrected chi connectivity index (χ3v) is 5.01. The van der Waals surface area contributed by atoms with Crippen LogP contribution < -0.4 is 24.0 Å². The van der Waals surface area contributed by atoms with Gasteiger partial charge in [-0.15, -0.1) is 0 Å².